The van der Waals surface area contributed by atoms with E-state index in [4.69, 9.17) is 43.2 Å². The Morgan fingerprint density at radius 3 is 0.847 bits per heavy atom. The predicted molar refractivity (Wildman–Crippen MR) is 285 cm³/mol. The van der Waals surface area contributed by atoms with Crippen molar-refractivity contribution in [3.63, 3.8) is 0 Å². The number of terminal acetylenes is 6. The van der Waals surface area contributed by atoms with Crippen molar-refractivity contribution in [3.8, 4) is 315 Å². The summed E-state index contributed by atoms with van der Waals surface area (Å²) in [7, 11) is -2.77. The smallest absolute Gasteiger partial charge is 0.504 e. The number of hydrogen-bond donors (Lipinski definition) is 3. The highest BCUT2D eigenvalue weighted by Crippen LogP contribution is 2.37. The first-order valence-electron chi connectivity index (χ1n) is 19.3. The van der Waals surface area contributed by atoms with Gasteiger partial charge in [-0.05, 0) is 278 Å². The molecule has 0 aliphatic heterocycles. The van der Waals surface area contributed by atoms with Gasteiger partial charge in [-0.2, -0.15) is 0 Å². The highest BCUT2D eigenvalue weighted by Gasteiger charge is 2.22. The molecule has 72 heavy (non-hydrogen) atoms. The van der Waals surface area contributed by atoms with E-state index in [0.29, 0.717) is 38.9 Å². The standard InChI is InChI=1S/C66H16B2O4/c1-7-13-19-25-31-37-43-55-50-62(64-52-60(48-42-36-30-24-18-12-6)66(72-67-69)54-58(64)46-40-34-28-22-16-10-4)56(44-38-32-26-20-14-8-2)49-61(55)63-51-59(47-41-35-29-23-17-11-5)65(68(70)71)53-57(63)45-39-33-27-21-15-9-3/h1-6,49-54,67,69-71H. The van der Waals surface area contributed by atoms with Crippen LogP contribution in [0.5, 0.6) is 5.75 Å². The average Bonchev–Trinajstić information content (AvgIpc) is 3.38. The SMILES string of the molecule is C#CC#CC#CC#Cc1cc(-c2cc(C#CC#CC#CC#C)c(-c3cc(C#CC#CC#CC#C)c(B(O)O)cc3C#CC#CC#CC#C)cc2C#CC#CC#CC#C)c(C#CC#CC#CC#C)cc1OBO. The first kappa shape index (κ1) is 53.2. The van der Waals surface area contributed by atoms with Crippen LogP contribution in [0.2, 0.25) is 0 Å². The molecule has 0 aromatic heterocycles. The molecule has 0 amide bonds. The third kappa shape index (κ3) is 18.6. The highest BCUT2D eigenvalue weighted by molar-refractivity contribution is 6.59. The second-order valence-electron chi connectivity index (χ2n) is 11.8. The van der Waals surface area contributed by atoms with Crippen LogP contribution in [0.15, 0.2) is 36.4 Å². The molecule has 310 valence electrons. The summed E-state index contributed by atoms with van der Waals surface area (Å²) in [6, 6.07) is 9.46. The van der Waals surface area contributed by atoms with E-state index in [1.54, 1.807) is 24.3 Å². The van der Waals surface area contributed by atoms with Gasteiger partial charge in [0.05, 0.1) is 5.56 Å². The molecule has 3 N–H and O–H groups in total. The first-order valence-corrected chi connectivity index (χ1v) is 19.3. The van der Waals surface area contributed by atoms with Gasteiger partial charge < -0.3 is 19.7 Å². The Labute approximate surface area is 422 Å². The molecule has 0 saturated heterocycles. The van der Waals surface area contributed by atoms with Gasteiger partial charge in [0.15, 0.2) is 0 Å². The first-order chi connectivity index (χ1) is 35.4. The Bertz CT molecular complexity index is 4330. The predicted octanol–water partition coefficient (Wildman–Crippen LogP) is 1.29. The fourth-order valence-corrected chi connectivity index (χ4v) is 5.08. The molecular weight excluding hydrogens is 878 g/mol. The van der Waals surface area contributed by atoms with E-state index in [1.165, 1.54) is 12.1 Å². The minimum absolute atomic E-state index is 0.0408. The van der Waals surface area contributed by atoms with E-state index in [2.05, 4.69) is 249 Å². The molecule has 0 saturated carbocycles. The lowest BCUT2D eigenvalue weighted by molar-refractivity contribution is 0.425. The summed E-state index contributed by atoms with van der Waals surface area (Å²) in [5.74, 6) is 108. The summed E-state index contributed by atoms with van der Waals surface area (Å²) in [6.07, 6.45) is 31.4. The van der Waals surface area contributed by atoms with Crippen molar-refractivity contribution in [2.45, 2.75) is 0 Å². The van der Waals surface area contributed by atoms with Crippen LogP contribution in [0.4, 0.5) is 0 Å². The Hall–Kier alpha value is -13.1. The van der Waals surface area contributed by atoms with Crippen molar-refractivity contribution in [1.29, 1.82) is 0 Å². The highest BCUT2D eigenvalue weighted by atomic mass is 16.5. The molecular formula is C66H16B2O4. The molecule has 0 aliphatic carbocycles. The maximum Gasteiger partial charge on any atom is 0.504 e. The van der Waals surface area contributed by atoms with Gasteiger partial charge in [-0.1, -0.05) is 29.6 Å². The van der Waals surface area contributed by atoms with Gasteiger partial charge in [0.25, 0.3) is 0 Å². The molecule has 0 radical (unpaired) electrons. The van der Waals surface area contributed by atoms with E-state index in [1.807, 2.05) is 0 Å². The van der Waals surface area contributed by atoms with Crippen LogP contribution in [0, 0.1) is 287 Å². The quantitative estimate of drug-likeness (QED) is 0.267. The second-order valence-corrected chi connectivity index (χ2v) is 11.8. The van der Waals surface area contributed by atoms with Crippen LogP contribution in [0.25, 0.3) is 22.3 Å². The third-order valence-corrected chi connectivity index (χ3v) is 7.66. The monoisotopic (exact) mass is 894 g/mol. The lowest BCUT2D eigenvalue weighted by Crippen LogP contribution is -2.32. The Kier molecular flexibility index (Phi) is 24.1. The molecule has 0 bridgehead atoms. The summed E-state index contributed by atoms with van der Waals surface area (Å²) < 4.78 is 5.58. The van der Waals surface area contributed by atoms with Gasteiger partial charge in [-0.25, -0.2) is 0 Å². The number of rotatable bonds is 5. The minimum atomic E-state index is -2.03. The van der Waals surface area contributed by atoms with E-state index >= 15 is 0 Å². The summed E-state index contributed by atoms with van der Waals surface area (Å²) in [4.78, 5) is 0. The van der Waals surface area contributed by atoms with Crippen molar-refractivity contribution >= 4 is 20.3 Å². The van der Waals surface area contributed by atoms with Crippen molar-refractivity contribution in [2.24, 2.45) is 0 Å². The summed E-state index contributed by atoms with van der Waals surface area (Å²) in [5.41, 5.74) is 2.90. The largest absolute Gasteiger partial charge is 0.538 e. The van der Waals surface area contributed by atoms with Crippen molar-refractivity contribution in [1.82, 2.24) is 0 Å². The molecule has 0 unspecified atom stereocenters. The molecule has 6 heteroatoms. The van der Waals surface area contributed by atoms with E-state index in [-0.39, 0.29) is 27.9 Å². The molecule has 0 atom stereocenters. The van der Waals surface area contributed by atoms with Crippen LogP contribution >= 0.6 is 0 Å². The molecule has 0 fully saturated rings. The number of hydrogen-bond acceptors (Lipinski definition) is 4. The molecule has 3 aromatic rings. The van der Waals surface area contributed by atoms with Crippen molar-refractivity contribution < 1.29 is 19.7 Å². The van der Waals surface area contributed by atoms with E-state index < -0.39 is 14.8 Å². The third-order valence-electron chi connectivity index (χ3n) is 7.66. The van der Waals surface area contributed by atoms with Crippen LogP contribution in [0.3, 0.4) is 0 Å². The normalized spacial score (nSPS) is 6.68. The molecule has 4 nitrogen and oxygen atoms in total. The Morgan fingerprint density at radius 2 is 0.542 bits per heavy atom. The zero-order valence-electron chi connectivity index (χ0n) is 37.0. The van der Waals surface area contributed by atoms with Crippen LogP contribution in [0.1, 0.15) is 33.4 Å². The zero-order valence-corrected chi connectivity index (χ0v) is 37.0. The van der Waals surface area contributed by atoms with E-state index in [0.717, 1.165) is 0 Å². The van der Waals surface area contributed by atoms with E-state index in [9.17, 15) is 15.1 Å². The lowest BCUT2D eigenvalue weighted by Gasteiger charge is -2.17. The fraction of sp³-hybridized carbons (Fsp3) is 0. The molecule has 0 heterocycles. The van der Waals surface area contributed by atoms with Crippen LogP contribution in [-0.4, -0.2) is 29.9 Å². The second kappa shape index (κ2) is 32.5. The van der Waals surface area contributed by atoms with Gasteiger partial charge in [0.1, 0.15) is 5.75 Å². The number of benzene rings is 3. The van der Waals surface area contributed by atoms with Gasteiger partial charge >= 0.3 is 14.8 Å². The molecule has 0 spiro atoms. The fourth-order valence-electron chi connectivity index (χ4n) is 5.08. The molecule has 0 aliphatic rings. The van der Waals surface area contributed by atoms with Crippen LogP contribution < -0.4 is 10.1 Å². The summed E-state index contributed by atoms with van der Waals surface area (Å²) in [5, 5.41) is 31.1. The van der Waals surface area contributed by atoms with Crippen molar-refractivity contribution in [2.75, 3.05) is 0 Å². The van der Waals surface area contributed by atoms with Crippen molar-refractivity contribution in [3.05, 3.63) is 69.8 Å². The Balaban J connectivity index is 2.84. The van der Waals surface area contributed by atoms with Crippen LogP contribution in [-0.2, 0) is 0 Å². The van der Waals surface area contributed by atoms with Gasteiger partial charge in [0, 0.05) is 33.4 Å². The molecule has 3 aromatic carbocycles. The maximum atomic E-state index is 10.6. The summed E-state index contributed by atoms with van der Waals surface area (Å²) in [6.45, 7) is 0. The lowest BCUT2D eigenvalue weighted by atomic mass is 9.74. The summed E-state index contributed by atoms with van der Waals surface area (Å²) >= 11 is 0. The van der Waals surface area contributed by atoms with Gasteiger partial charge in [-0.15, -0.1) is 38.5 Å². The molecule has 3 rings (SSSR count). The van der Waals surface area contributed by atoms with Gasteiger partial charge in [-0.3, -0.25) is 0 Å². The minimum Gasteiger partial charge on any atom is -0.538 e. The Morgan fingerprint density at radius 1 is 0.306 bits per heavy atom. The maximum absolute atomic E-state index is 10.6. The average molecular weight is 894 g/mol. The zero-order chi connectivity index (χ0) is 51.9. The van der Waals surface area contributed by atoms with Gasteiger partial charge in [0.2, 0.25) is 0 Å². The topological polar surface area (TPSA) is 69.9 Å².